The number of fused-ring (bicyclic) bond motifs is 4. The van der Waals surface area contributed by atoms with Crippen molar-refractivity contribution in [2.24, 2.45) is 0 Å². The number of rotatable bonds is 1. The summed E-state index contributed by atoms with van der Waals surface area (Å²) in [5.41, 5.74) is 5.57. The molecule has 0 radical (unpaired) electrons. The first-order valence-corrected chi connectivity index (χ1v) is 9.99. The van der Waals surface area contributed by atoms with Crippen molar-refractivity contribution in [1.82, 2.24) is 9.47 Å². The number of hydrogen-bond donors (Lipinski definition) is 0. The molecule has 5 nitrogen and oxygen atoms in total. The van der Waals surface area contributed by atoms with E-state index in [-0.39, 0.29) is 22.5 Å². The van der Waals surface area contributed by atoms with Crippen LogP contribution in [-0.4, -0.2) is 41.7 Å². The average Bonchev–Trinajstić information content (AvgIpc) is 3.27. The number of ether oxygens (including phenoxy) is 1. The number of aromatic nitrogens is 1. The zero-order valence-electron chi connectivity index (χ0n) is 16.1. The predicted octanol–water partition coefficient (Wildman–Crippen LogP) is 2.75. The first-order chi connectivity index (χ1) is 13.6. The molecule has 0 saturated carbocycles. The highest BCUT2D eigenvalue weighted by Crippen LogP contribution is 2.61. The molecule has 28 heavy (non-hydrogen) atoms. The summed E-state index contributed by atoms with van der Waals surface area (Å²) in [6.45, 7) is 4.11. The minimum atomic E-state index is -0.553. The van der Waals surface area contributed by atoms with Gasteiger partial charge in [0.15, 0.2) is 0 Å². The standard InChI is InChI=1S/C23H22N2O3/c1-3-13-12-24-9-8-23-17-6-4-5-7-18(17)25-20(23)15(14(13)11-19(23)24)10-16(21(25)26)22(27)28-2/h3-7,10,14,19H,8-9,11-12H2,1-2H3/b13-3-/t14-,19-,23+/m0/s1. The van der Waals surface area contributed by atoms with Crippen LogP contribution < -0.4 is 5.56 Å². The molecule has 1 spiro atoms. The first kappa shape index (κ1) is 16.3. The SMILES string of the molecule is C/C=C1/CN2CC[C@]34c5ccccc5-n5c3c(cc(C(=O)OC)c5=O)[C@H]1C[C@H]24. The van der Waals surface area contributed by atoms with Crippen molar-refractivity contribution in [1.29, 1.82) is 0 Å². The Bertz CT molecular complexity index is 1150. The minimum absolute atomic E-state index is 0.141. The molecule has 1 aliphatic carbocycles. The molecule has 1 aromatic carbocycles. The Morgan fingerprint density at radius 3 is 2.93 bits per heavy atom. The summed E-state index contributed by atoms with van der Waals surface area (Å²) in [5, 5.41) is 0. The van der Waals surface area contributed by atoms with E-state index in [2.05, 4.69) is 30.0 Å². The van der Waals surface area contributed by atoms with Crippen molar-refractivity contribution in [2.45, 2.75) is 37.1 Å². The lowest BCUT2D eigenvalue weighted by Crippen LogP contribution is -2.52. The van der Waals surface area contributed by atoms with Gasteiger partial charge in [0.1, 0.15) is 5.56 Å². The number of hydrogen-bond acceptors (Lipinski definition) is 4. The van der Waals surface area contributed by atoms with Crippen molar-refractivity contribution < 1.29 is 9.53 Å². The van der Waals surface area contributed by atoms with Crippen LogP contribution in [0.3, 0.4) is 0 Å². The first-order valence-electron chi connectivity index (χ1n) is 9.99. The Hall–Kier alpha value is -2.66. The third-order valence-corrected chi connectivity index (χ3v) is 7.53. The van der Waals surface area contributed by atoms with Gasteiger partial charge in [0, 0.05) is 30.7 Å². The Morgan fingerprint density at radius 2 is 2.14 bits per heavy atom. The van der Waals surface area contributed by atoms with Gasteiger partial charge in [-0.3, -0.25) is 14.3 Å². The lowest BCUT2D eigenvalue weighted by molar-refractivity contribution is 0.0597. The number of piperidine rings is 1. The van der Waals surface area contributed by atoms with Crippen molar-refractivity contribution in [3.63, 3.8) is 0 Å². The van der Waals surface area contributed by atoms with E-state index in [0.717, 1.165) is 42.9 Å². The highest BCUT2D eigenvalue weighted by Gasteiger charge is 2.61. The molecule has 2 fully saturated rings. The molecule has 2 saturated heterocycles. The molecule has 3 aliphatic heterocycles. The largest absolute Gasteiger partial charge is 0.465 e. The highest BCUT2D eigenvalue weighted by molar-refractivity contribution is 5.90. The van der Waals surface area contributed by atoms with Crippen LogP contribution in [0.15, 0.2) is 46.8 Å². The number of methoxy groups -OCH3 is 1. The van der Waals surface area contributed by atoms with E-state index < -0.39 is 5.97 Å². The summed E-state index contributed by atoms with van der Waals surface area (Å²) >= 11 is 0. The van der Waals surface area contributed by atoms with Crippen LogP contribution in [0, 0.1) is 0 Å². The maximum Gasteiger partial charge on any atom is 0.343 e. The fourth-order valence-corrected chi connectivity index (χ4v) is 6.44. The van der Waals surface area contributed by atoms with Crippen LogP contribution in [0.2, 0.25) is 0 Å². The zero-order valence-corrected chi connectivity index (χ0v) is 16.1. The number of para-hydroxylation sites is 1. The third-order valence-electron chi connectivity index (χ3n) is 7.53. The second kappa shape index (κ2) is 5.23. The third kappa shape index (κ3) is 1.64. The summed E-state index contributed by atoms with van der Waals surface area (Å²) in [6.07, 6.45) is 4.27. The van der Waals surface area contributed by atoms with E-state index in [9.17, 15) is 9.59 Å². The summed E-state index contributed by atoms with van der Waals surface area (Å²) in [4.78, 5) is 28.5. The van der Waals surface area contributed by atoms with Gasteiger partial charge in [-0.15, -0.1) is 0 Å². The molecule has 0 unspecified atom stereocenters. The summed E-state index contributed by atoms with van der Waals surface area (Å²) < 4.78 is 6.78. The lowest BCUT2D eigenvalue weighted by Gasteiger charge is -2.48. The van der Waals surface area contributed by atoms with Gasteiger partial charge < -0.3 is 4.74 Å². The molecule has 5 heteroatoms. The highest BCUT2D eigenvalue weighted by atomic mass is 16.5. The Labute approximate surface area is 163 Å². The quantitative estimate of drug-likeness (QED) is 0.569. The number of benzene rings is 1. The molecule has 0 N–H and O–H groups in total. The van der Waals surface area contributed by atoms with Gasteiger partial charge in [-0.2, -0.15) is 0 Å². The van der Waals surface area contributed by atoms with Crippen molar-refractivity contribution in [2.75, 3.05) is 20.2 Å². The Balaban J connectivity index is 1.79. The van der Waals surface area contributed by atoms with Crippen LogP contribution >= 0.6 is 0 Å². The maximum absolute atomic E-state index is 13.4. The molecule has 142 valence electrons. The molecule has 4 aliphatic rings. The van der Waals surface area contributed by atoms with Crippen LogP contribution in [0.1, 0.15) is 52.9 Å². The van der Waals surface area contributed by atoms with E-state index in [4.69, 9.17) is 4.74 Å². The average molecular weight is 374 g/mol. The van der Waals surface area contributed by atoms with Crippen molar-refractivity contribution in [3.8, 4) is 5.69 Å². The molecule has 1 aromatic heterocycles. The van der Waals surface area contributed by atoms with Gasteiger partial charge >= 0.3 is 5.97 Å². The number of pyridine rings is 1. The van der Waals surface area contributed by atoms with Crippen molar-refractivity contribution >= 4 is 5.97 Å². The Kier molecular flexibility index (Phi) is 3.05. The van der Waals surface area contributed by atoms with E-state index in [1.54, 1.807) is 0 Å². The molecule has 2 aromatic rings. The molecule has 4 heterocycles. The van der Waals surface area contributed by atoms with Gasteiger partial charge in [0.2, 0.25) is 0 Å². The van der Waals surface area contributed by atoms with E-state index in [1.165, 1.54) is 18.2 Å². The van der Waals surface area contributed by atoms with Gasteiger partial charge in [-0.05, 0) is 43.0 Å². The molecule has 2 bridgehead atoms. The molecule has 3 atom stereocenters. The fourth-order valence-electron chi connectivity index (χ4n) is 6.44. The van der Waals surface area contributed by atoms with E-state index in [1.807, 2.05) is 22.8 Å². The summed E-state index contributed by atoms with van der Waals surface area (Å²) in [6, 6.07) is 10.5. The molecule has 6 rings (SSSR count). The van der Waals surface area contributed by atoms with Gasteiger partial charge in [-0.25, -0.2) is 4.79 Å². The maximum atomic E-state index is 13.4. The minimum Gasteiger partial charge on any atom is -0.465 e. The van der Waals surface area contributed by atoms with Gasteiger partial charge in [0.05, 0.1) is 18.2 Å². The molecule has 0 amide bonds. The number of esters is 1. The fraction of sp³-hybridized carbons (Fsp3) is 0.391. The monoisotopic (exact) mass is 374 g/mol. The number of nitrogens with zero attached hydrogens (tertiary/aromatic N) is 2. The predicted molar refractivity (Wildman–Crippen MR) is 105 cm³/mol. The van der Waals surface area contributed by atoms with Crippen LogP contribution in [0.4, 0.5) is 0 Å². The smallest absolute Gasteiger partial charge is 0.343 e. The van der Waals surface area contributed by atoms with Crippen LogP contribution in [0.25, 0.3) is 5.69 Å². The normalized spacial score (nSPS) is 30.3. The lowest BCUT2D eigenvalue weighted by atomic mass is 9.61. The van der Waals surface area contributed by atoms with Crippen LogP contribution in [0.5, 0.6) is 0 Å². The number of carbonyl (C=O) groups excluding carboxylic acids is 1. The van der Waals surface area contributed by atoms with Crippen molar-refractivity contribution in [3.05, 3.63) is 74.7 Å². The van der Waals surface area contributed by atoms with Crippen LogP contribution in [-0.2, 0) is 10.2 Å². The topological polar surface area (TPSA) is 51.5 Å². The van der Waals surface area contributed by atoms with E-state index >= 15 is 0 Å². The van der Waals surface area contributed by atoms with Gasteiger partial charge in [-0.1, -0.05) is 29.8 Å². The second-order valence-corrected chi connectivity index (χ2v) is 8.37. The number of allylic oxidation sites excluding steroid dienone is 1. The number of carbonyl (C=O) groups is 1. The summed E-state index contributed by atoms with van der Waals surface area (Å²) in [5.74, 6) is -0.292. The van der Waals surface area contributed by atoms with E-state index in [0.29, 0.717) is 6.04 Å². The Morgan fingerprint density at radius 1 is 1.32 bits per heavy atom. The molecular weight excluding hydrogens is 352 g/mol. The summed E-state index contributed by atoms with van der Waals surface area (Å²) in [7, 11) is 1.34. The molecular formula is C23H22N2O3. The van der Waals surface area contributed by atoms with Gasteiger partial charge in [0.25, 0.3) is 5.56 Å². The zero-order chi connectivity index (χ0) is 19.2. The second-order valence-electron chi connectivity index (χ2n) is 8.37.